The molecule has 1 aromatic rings. The molecule has 7 nitrogen and oxygen atoms in total. The third kappa shape index (κ3) is 6.78. The Balaban J connectivity index is 3.13. The van der Waals surface area contributed by atoms with E-state index < -0.39 is 34.2 Å². The Kier molecular flexibility index (Phi) is 7.80. The Morgan fingerprint density at radius 3 is 2.31 bits per heavy atom. The Morgan fingerprint density at radius 2 is 1.85 bits per heavy atom. The molecule has 1 N–H and O–H groups in total. The lowest BCUT2D eigenvalue weighted by molar-refractivity contribution is -0.155. The molecule has 8 heteroatoms. The zero-order valence-electron chi connectivity index (χ0n) is 15.8. The van der Waals surface area contributed by atoms with Crippen LogP contribution in [0.4, 0.5) is 0 Å². The zero-order chi connectivity index (χ0) is 20.0. The van der Waals surface area contributed by atoms with E-state index in [1.807, 2.05) is 0 Å². The second-order valence-electron chi connectivity index (χ2n) is 6.65. The number of esters is 1. The number of sulfonamides is 1. The normalized spacial score (nSPS) is 13.8. The highest BCUT2D eigenvalue weighted by molar-refractivity contribution is 7.89. The van der Waals surface area contributed by atoms with Crippen molar-refractivity contribution in [1.82, 2.24) is 4.31 Å². The molecule has 0 aromatic heterocycles. The average Bonchev–Trinajstić information content (AvgIpc) is 2.52. The van der Waals surface area contributed by atoms with Crippen molar-refractivity contribution in [3.63, 3.8) is 0 Å². The van der Waals surface area contributed by atoms with Gasteiger partial charge < -0.3 is 14.6 Å². The Labute approximate surface area is 155 Å². The highest BCUT2D eigenvalue weighted by Crippen LogP contribution is 2.20. The summed E-state index contributed by atoms with van der Waals surface area (Å²) < 4.78 is 37.0. The number of hydrogen-bond donors (Lipinski definition) is 1. The van der Waals surface area contributed by atoms with Crippen LogP contribution in [0.5, 0.6) is 5.75 Å². The van der Waals surface area contributed by atoms with Crippen LogP contribution in [0.3, 0.4) is 0 Å². The van der Waals surface area contributed by atoms with Crippen LogP contribution in [0, 0.1) is 0 Å². The lowest BCUT2D eigenvalue weighted by atomic mass is 10.2. The second-order valence-corrected chi connectivity index (χ2v) is 8.59. The van der Waals surface area contributed by atoms with Gasteiger partial charge in [-0.05, 0) is 52.0 Å². The molecule has 0 fully saturated rings. The monoisotopic (exact) mass is 385 g/mol. The summed E-state index contributed by atoms with van der Waals surface area (Å²) in [6.45, 7) is 6.03. The number of methoxy groups -OCH3 is 1. The number of aliphatic hydroxyl groups excluding tert-OH is 1. The smallest absolute Gasteiger partial charge is 0.321 e. The van der Waals surface area contributed by atoms with Crippen LogP contribution in [0.1, 0.15) is 27.7 Å². The van der Waals surface area contributed by atoms with Crippen molar-refractivity contribution < 1.29 is 27.8 Å². The SMILES string of the molecule is C/C=C/C(O)CN(CC(=O)OC(C)(C)C)S(=O)(=O)c1ccc(OC)cc1. The molecular formula is C18H27NO6S. The molecule has 1 unspecified atom stereocenters. The molecule has 0 bridgehead atoms. The number of carbonyl (C=O) groups is 1. The van der Waals surface area contributed by atoms with Crippen LogP contribution in [-0.4, -0.2) is 55.7 Å². The highest BCUT2D eigenvalue weighted by atomic mass is 32.2. The van der Waals surface area contributed by atoms with E-state index in [2.05, 4.69) is 0 Å². The molecule has 26 heavy (non-hydrogen) atoms. The van der Waals surface area contributed by atoms with E-state index in [1.165, 1.54) is 37.5 Å². The van der Waals surface area contributed by atoms with Gasteiger partial charge in [0.25, 0.3) is 0 Å². The van der Waals surface area contributed by atoms with Gasteiger partial charge in [-0.15, -0.1) is 0 Å². The first kappa shape index (κ1) is 22.1. The molecule has 0 aliphatic rings. The van der Waals surface area contributed by atoms with E-state index in [0.29, 0.717) is 5.75 Å². The minimum Gasteiger partial charge on any atom is -0.497 e. The summed E-state index contributed by atoms with van der Waals surface area (Å²) >= 11 is 0. The third-order valence-electron chi connectivity index (χ3n) is 3.23. The van der Waals surface area contributed by atoms with Gasteiger partial charge in [-0.2, -0.15) is 4.31 Å². The van der Waals surface area contributed by atoms with Gasteiger partial charge >= 0.3 is 5.97 Å². The van der Waals surface area contributed by atoms with Gasteiger partial charge in [0.2, 0.25) is 10.0 Å². The van der Waals surface area contributed by atoms with E-state index in [1.54, 1.807) is 33.8 Å². The third-order valence-corrected chi connectivity index (χ3v) is 5.05. The first-order valence-electron chi connectivity index (χ1n) is 8.16. The lowest BCUT2D eigenvalue weighted by Crippen LogP contribution is -2.42. The standard InChI is InChI=1S/C18H27NO6S/c1-6-7-14(20)12-19(13-17(21)25-18(2,3)4)26(22,23)16-10-8-15(24-5)9-11-16/h6-11,14,20H,12-13H2,1-5H3/b7-6+. The van der Waals surface area contributed by atoms with Crippen molar-refractivity contribution in [2.75, 3.05) is 20.2 Å². The molecule has 1 atom stereocenters. The van der Waals surface area contributed by atoms with Crippen molar-refractivity contribution in [2.24, 2.45) is 0 Å². The minimum atomic E-state index is -4.01. The summed E-state index contributed by atoms with van der Waals surface area (Å²) in [5, 5.41) is 9.99. The summed E-state index contributed by atoms with van der Waals surface area (Å²) in [4.78, 5) is 12.1. The molecule has 0 heterocycles. The first-order chi connectivity index (χ1) is 12.0. The molecule has 0 amide bonds. The molecule has 1 rings (SSSR count). The number of ether oxygens (including phenoxy) is 2. The van der Waals surface area contributed by atoms with Crippen molar-refractivity contribution in [1.29, 1.82) is 0 Å². The van der Waals surface area contributed by atoms with E-state index in [9.17, 15) is 18.3 Å². The van der Waals surface area contributed by atoms with Crippen LogP contribution in [0.15, 0.2) is 41.3 Å². The molecule has 0 spiro atoms. The van der Waals surface area contributed by atoms with Gasteiger partial charge in [0.05, 0.1) is 18.1 Å². The van der Waals surface area contributed by atoms with Crippen molar-refractivity contribution in [3.05, 3.63) is 36.4 Å². The topological polar surface area (TPSA) is 93.1 Å². The van der Waals surface area contributed by atoms with Gasteiger partial charge in [0.15, 0.2) is 0 Å². The number of nitrogens with zero attached hydrogens (tertiary/aromatic N) is 1. The Bertz CT molecular complexity index is 719. The summed E-state index contributed by atoms with van der Waals surface area (Å²) in [7, 11) is -2.53. The molecule has 0 saturated carbocycles. The summed E-state index contributed by atoms with van der Waals surface area (Å²) in [6, 6.07) is 5.80. The van der Waals surface area contributed by atoms with Crippen molar-refractivity contribution in [3.8, 4) is 5.75 Å². The van der Waals surface area contributed by atoms with Crippen LogP contribution in [0.2, 0.25) is 0 Å². The zero-order valence-corrected chi connectivity index (χ0v) is 16.6. The van der Waals surface area contributed by atoms with Gasteiger partial charge in [-0.1, -0.05) is 12.2 Å². The van der Waals surface area contributed by atoms with Crippen LogP contribution in [0.25, 0.3) is 0 Å². The van der Waals surface area contributed by atoms with Gasteiger partial charge in [0.1, 0.15) is 17.9 Å². The molecule has 0 saturated heterocycles. The van der Waals surface area contributed by atoms with Crippen molar-refractivity contribution >= 4 is 16.0 Å². The van der Waals surface area contributed by atoms with E-state index in [4.69, 9.17) is 9.47 Å². The highest BCUT2D eigenvalue weighted by Gasteiger charge is 2.30. The van der Waals surface area contributed by atoms with E-state index in [0.717, 1.165) is 4.31 Å². The molecule has 0 aliphatic carbocycles. The maximum Gasteiger partial charge on any atom is 0.321 e. The molecular weight excluding hydrogens is 358 g/mol. The van der Waals surface area contributed by atoms with Gasteiger partial charge in [-0.25, -0.2) is 8.42 Å². The van der Waals surface area contributed by atoms with Gasteiger partial charge in [-0.3, -0.25) is 4.79 Å². The summed E-state index contributed by atoms with van der Waals surface area (Å²) in [5.41, 5.74) is -0.742. The maximum absolute atomic E-state index is 12.9. The average molecular weight is 385 g/mol. The first-order valence-corrected chi connectivity index (χ1v) is 9.60. The predicted molar refractivity (Wildman–Crippen MR) is 98.4 cm³/mol. The molecule has 0 aliphatic heterocycles. The molecule has 0 radical (unpaired) electrons. The van der Waals surface area contributed by atoms with Crippen molar-refractivity contribution in [2.45, 2.75) is 44.3 Å². The fourth-order valence-corrected chi connectivity index (χ4v) is 3.56. The Hall–Kier alpha value is -1.90. The molecule has 146 valence electrons. The number of hydrogen-bond acceptors (Lipinski definition) is 6. The van der Waals surface area contributed by atoms with E-state index in [-0.39, 0.29) is 11.4 Å². The number of aliphatic hydroxyl groups is 1. The fourth-order valence-electron chi connectivity index (χ4n) is 2.15. The number of allylic oxidation sites excluding steroid dienone is 1. The summed E-state index contributed by atoms with van der Waals surface area (Å²) in [5.74, 6) is -0.182. The Morgan fingerprint density at radius 1 is 1.27 bits per heavy atom. The fraction of sp³-hybridized carbons (Fsp3) is 0.500. The van der Waals surface area contributed by atoms with Crippen LogP contribution in [-0.2, 0) is 19.6 Å². The largest absolute Gasteiger partial charge is 0.497 e. The second kappa shape index (κ2) is 9.16. The minimum absolute atomic E-state index is 0.00506. The predicted octanol–water partition coefficient (Wildman–Crippen LogP) is 1.96. The van der Waals surface area contributed by atoms with Crippen LogP contribution >= 0.6 is 0 Å². The van der Waals surface area contributed by atoms with Crippen LogP contribution < -0.4 is 4.74 Å². The lowest BCUT2D eigenvalue weighted by Gasteiger charge is -2.25. The number of benzene rings is 1. The van der Waals surface area contributed by atoms with Gasteiger partial charge in [0, 0.05) is 6.54 Å². The maximum atomic E-state index is 12.9. The number of rotatable bonds is 8. The summed E-state index contributed by atoms with van der Waals surface area (Å²) in [6.07, 6.45) is 2.01. The van der Waals surface area contributed by atoms with E-state index >= 15 is 0 Å². The quantitative estimate of drug-likeness (QED) is 0.543. The number of carbonyl (C=O) groups excluding carboxylic acids is 1. The molecule has 1 aromatic carbocycles.